The summed E-state index contributed by atoms with van der Waals surface area (Å²) in [5, 5.41) is 9.15. The summed E-state index contributed by atoms with van der Waals surface area (Å²) in [6.07, 6.45) is 0.153. The molecule has 1 atom stereocenters. The molecule has 106 valence electrons. The zero-order valence-corrected chi connectivity index (χ0v) is 14.9. The van der Waals surface area contributed by atoms with E-state index in [2.05, 4.69) is 33.6 Å². The Balaban J connectivity index is 2.46. The van der Waals surface area contributed by atoms with Crippen molar-refractivity contribution in [2.75, 3.05) is 0 Å². The molecule has 4 nitrogen and oxygen atoms in total. The Morgan fingerprint density at radius 1 is 1.45 bits per heavy atom. The van der Waals surface area contributed by atoms with Crippen molar-refractivity contribution in [3.8, 4) is 6.07 Å². The number of nitrogens with zero attached hydrogens (tertiary/aromatic N) is 1. The Morgan fingerprint density at radius 3 is 2.55 bits per heavy atom. The van der Waals surface area contributed by atoms with Gasteiger partial charge in [0.05, 0.1) is 11.6 Å². The van der Waals surface area contributed by atoms with E-state index in [-0.39, 0.29) is 15.2 Å². The molecule has 0 bridgehead atoms. The molecule has 0 heterocycles. The highest BCUT2D eigenvalue weighted by Gasteiger charge is 2.18. The summed E-state index contributed by atoms with van der Waals surface area (Å²) in [5.41, 5.74) is 0.338. The number of carbonyl (C=O) groups is 1. The molecule has 1 aromatic rings. The normalized spacial score (nSPS) is 12.3. The minimum atomic E-state index is -0.521. The first-order valence-electron chi connectivity index (χ1n) is 6.19. The molecule has 20 heavy (non-hydrogen) atoms. The van der Waals surface area contributed by atoms with Crippen molar-refractivity contribution in [3.05, 3.63) is 33.4 Å². The van der Waals surface area contributed by atoms with Crippen LogP contribution in [-0.2, 0) is 11.2 Å². The molecule has 0 unspecified atom stereocenters. The third-order valence-corrected chi connectivity index (χ3v) is 4.01. The van der Waals surface area contributed by atoms with Gasteiger partial charge in [0.1, 0.15) is 5.60 Å². The fourth-order valence-electron chi connectivity index (χ4n) is 1.43. The minimum absolute atomic E-state index is 0.0248. The number of hydrogen-bond acceptors (Lipinski definition) is 3. The third-order valence-electron chi connectivity index (χ3n) is 2.26. The first-order chi connectivity index (χ1) is 9.30. The second-order valence-corrected chi connectivity index (χ2v) is 7.76. The monoisotopic (exact) mass is 400 g/mol. The van der Waals surface area contributed by atoms with E-state index in [0.717, 1.165) is 9.13 Å². The maximum atomic E-state index is 11.5. The standard InChI is InChI=1S/C14H17IN2O2Si/c1-14(2,3)19-13(18)17-20-12(9-16)8-10-4-6-11(15)7-5-10/h4-7,12H,8H2,1-3H3,(H,17,18)/t12-/m0/s1. The van der Waals surface area contributed by atoms with Crippen molar-refractivity contribution in [1.82, 2.24) is 4.98 Å². The average Bonchev–Trinajstić information content (AvgIpc) is 2.34. The Hall–Kier alpha value is -1.07. The van der Waals surface area contributed by atoms with Crippen LogP contribution in [0.1, 0.15) is 26.3 Å². The summed E-state index contributed by atoms with van der Waals surface area (Å²) in [6, 6.07) is 10.2. The number of halogens is 1. The SMILES string of the molecule is CC(C)(C)OC(=O)N[Si][C@H](C#N)Cc1ccc(I)cc1. The van der Waals surface area contributed by atoms with E-state index in [4.69, 9.17) is 10.00 Å². The minimum Gasteiger partial charge on any atom is -0.444 e. The highest BCUT2D eigenvalue weighted by molar-refractivity contribution is 14.1. The van der Waals surface area contributed by atoms with Crippen molar-refractivity contribution in [3.63, 3.8) is 0 Å². The zero-order chi connectivity index (χ0) is 15.2. The van der Waals surface area contributed by atoms with Gasteiger partial charge < -0.3 is 9.72 Å². The third kappa shape index (κ3) is 6.91. The van der Waals surface area contributed by atoms with E-state index in [1.807, 2.05) is 45.0 Å². The van der Waals surface area contributed by atoms with Gasteiger partial charge in [-0.3, -0.25) is 0 Å². The van der Waals surface area contributed by atoms with Gasteiger partial charge in [-0.1, -0.05) is 12.1 Å². The van der Waals surface area contributed by atoms with Gasteiger partial charge in [-0.15, -0.1) is 0 Å². The van der Waals surface area contributed by atoms with Crippen LogP contribution in [0.15, 0.2) is 24.3 Å². The number of nitriles is 1. The van der Waals surface area contributed by atoms with Crippen LogP contribution in [0.3, 0.4) is 0 Å². The lowest BCUT2D eigenvalue weighted by atomic mass is 10.1. The lowest BCUT2D eigenvalue weighted by Gasteiger charge is -2.20. The van der Waals surface area contributed by atoms with Gasteiger partial charge in [-0.25, -0.2) is 4.79 Å². The van der Waals surface area contributed by atoms with E-state index >= 15 is 0 Å². The molecule has 0 saturated carbocycles. The molecular weight excluding hydrogens is 383 g/mol. The second kappa shape index (κ2) is 7.64. The Kier molecular flexibility index (Phi) is 6.49. The lowest BCUT2D eigenvalue weighted by molar-refractivity contribution is 0.0568. The molecule has 1 N–H and O–H groups in total. The average molecular weight is 400 g/mol. The van der Waals surface area contributed by atoms with Crippen molar-refractivity contribution in [1.29, 1.82) is 5.26 Å². The van der Waals surface area contributed by atoms with Crippen molar-refractivity contribution in [2.24, 2.45) is 0 Å². The van der Waals surface area contributed by atoms with Gasteiger partial charge in [-0.2, -0.15) is 5.26 Å². The maximum Gasteiger partial charge on any atom is 0.399 e. The number of hydrogen-bond donors (Lipinski definition) is 1. The largest absolute Gasteiger partial charge is 0.444 e. The van der Waals surface area contributed by atoms with Crippen LogP contribution in [-0.4, -0.2) is 21.4 Å². The van der Waals surface area contributed by atoms with E-state index < -0.39 is 11.7 Å². The first kappa shape index (κ1) is 17.0. The molecule has 6 heteroatoms. The fourth-order valence-corrected chi connectivity index (χ4v) is 2.54. The predicted octanol–water partition coefficient (Wildman–Crippen LogP) is 3.29. The molecule has 0 fully saturated rings. The molecule has 1 amide bonds. The van der Waals surface area contributed by atoms with E-state index in [0.29, 0.717) is 6.42 Å². The van der Waals surface area contributed by atoms with Crippen LogP contribution in [0.2, 0.25) is 5.54 Å². The van der Waals surface area contributed by atoms with Crippen LogP contribution < -0.4 is 4.98 Å². The van der Waals surface area contributed by atoms with Crippen LogP contribution >= 0.6 is 22.6 Å². The molecule has 0 aromatic heterocycles. The summed E-state index contributed by atoms with van der Waals surface area (Å²) >= 11 is 2.24. The van der Waals surface area contributed by atoms with E-state index in [1.54, 1.807) is 0 Å². The first-order valence-corrected chi connectivity index (χ1v) is 8.34. The Morgan fingerprint density at radius 2 is 2.05 bits per heavy atom. The van der Waals surface area contributed by atoms with Crippen LogP contribution in [0.5, 0.6) is 0 Å². The summed E-state index contributed by atoms with van der Waals surface area (Å²) in [7, 11) is 0.0248. The van der Waals surface area contributed by atoms with Crippen LogP contribution in [0.4, 0.5) is 4.79 Å². The molecule has 0 aliphatic rings. The van der Waals surface area contributed by atoms with Gasteiger partial charge >= 0.3 is 6.09 Å². The second-order valence-electron chi connectivity index (χ2n) is 5.28. The molecule has 0 aliphatic carbocycles. The number of ether oxygens (including phenoxy) is 1. The number of amides is 1. The van der Waals surface area contributed by atoms with Gasteiger partial charge in [0.2, 0.25) is 9.68 Å². The van der Waals surface area contributed by atoms with Gasteiger partial charge in [0.25, 0.3) is 0 Å². The van der Waals surface area contributed by atoms with Gasteiger partial charge in [0.15, 0.2) is 0 Å². The summed E-state index contributed by atoms with van der Waals surface area (Å²) in [5.74, 6) is 0. The van der Waals surface area contributed by atoms with Gasteiger partial charge in [0, 0.05) is 3.57 Å². The molecular formula is C14H17IN2O2Si. The smallest absolute Gasteiger partial charge is 0.399 e. The fraction of sp³-hybridized carbons (Fsp3) is 0.429. The van der Waals surface area contributed by atoms with Crippen LogP contribution in [0.25, 0.3) is 0 Å². The maximum absolute atomic E-state index is 11.5. The topological polar surface area (TPSA) is 62.1 Å². The van der Waals surface area contributed by atoms with E-state index in [1.165, 1.54) is 0 Å². The van der Waals surface area contributed by atoms with Crippen LogP contribution in [0, 0.1) is 14.9 Å². The highest BCUT2D eigenvalue weighted by Crippen LogP contribution is 2.14. The Bertz CT molecular complexity index is 491. The van der Waals surface area contributed by atoms with Crippen molar-refractivity contribution >= 4 is 38.4 Å². The number of benzene rings is 1. The summed E-state index contributed by atoms with van der Waals surface area (Å²) in [4.78, 5) is 14.2. The Labute approximate surface area is 135 Å². The number of rotatable bonds is 4. The predicted molar refractivity (Wildman–Crippen MR) is 87.3 cm³/mol. The summed E-state index contributed by atoms with van der Waals surface area (Å²) < 4.78 is 6.31. The number of carbonyl (C=O) groups excluding carboxylic acids is 1. The highest BCUT2D eigenvalue weighted by atomic mass is 127. The molecule has 1 rings (SSSR count). The lowest BCUT2D eigenvalue weighted by Crippen LogP contribution is -2.36. The van der Waals surface area contributed by atoms with Gasteiger partial charge in [-0.05, 0) is 67.5 Å². The number of nitrogens with one attached hydrogen (secondary N) is 1. The molecule has 0 spiro atoms. The van der Waals surface area contributed by atoms with Crippen molar-refractivity contribution in [2.45, 2.75) is 38.3 Å². The molecule has 1 aromatic carbocycles. The van der Waals surface area contributed by atoms with Crippen molar-refractivity contribution < 1.29 is 9.53 Å². The zero-order valence-electron chi connectivity index (χ0n) is 11.7. The molecule has 0 saturated heterocycles. The molecule has 0 aliphatic heterocycles. The quantitative estimate of drug-likeness (QED) is 0.623. The summed E-state index contributed by atoms with van der Waals surface area (Å²) in [6.45, 7) is 5.43. The van der Waals surface area contributed by atoms with E-state index in [9.17, 15) is 4.79 Å². The molecule has 2 radical (unpaired) electrons.